The van der Waals surface area contributed by atoms with Crippen LogP contribution >= 0.6 is 0 Å². The van der Waals surface area contributed by atoms with Crippen molar-refractivity contribution < 1.29 is 22.7 Å². The summed E-state index contributed by atoms with van der Waals surface area (Å²) in [5.41, 5.74) is 0.707. The maximum absolute atomic E-state index is 12.6. The first-order valence-electron chi connectivity index (χ1n) is 6.27. The molecule has 5 heteroatoms. The minimum absolute atomic E-state index is 0.0944. The van der Waals surface area contributed by atoms with Gasteiger partial charge in [0.2, 0.25) is 0 Å². The molecule has 0 aliphatic carbocycles. The number of hydrogen-bond acceptors (Lipinski definition) is 2. The van der Waals surface area contributed by atoms with E-state index >= 15 is 0 Å². The van der Waals surface area contributed by atoms with Crippen molar-refractivity contribution in [3.8, 4) is 5.75 Å². The highest BCUT2D eigenvalue weighted by atomic mass is 19.4. The van der Waals surface area contributed by atoms with E-state index in [2.05, 4.69) is 0 Å². The zero-order chi connectivity index (χ0) is 15.5. The van der Waals surface area contributed by atoms with Crippen LogP contribution in [-0.4, -0.2) is 12.0 Å². The zero-order valence-electron chi connectivity index (χ0n) is 11.3. The largest absolute Gasteiger partial charge is 0.489 e. The Kier molecular flexibility index (Phi) is 4.31. The highest BCUT2D eigenvalue weighted by Crippen LogP contribution is 2.25. The van der Waals surface area contributed by atoms with Gasteiger partial charge in [-0.1, -0.05) is 42.5 Å². The lowest BCUT2D eigenvalue weighted by Crippen LogP contribution is -2.24. The predicted octanol–water partition coefficient (Wildman–Crippen LogP) is 4.32. The van der Waals surface area contributed by atoms with Crippen LogP contribution in [0.1, 0.15) is 21.5 Å². The number of alkyl halides is 3. The van der Waals surface area contributed by atoms with Crippen LogP contribution in [0.25, 0.3) is 0 Å². The molecule has 0 aliphatic rings. The van der Waals surface area contributed by atoms with Crippen LogP contribution in [-0.2, 0) is 6.61 Å². The molecule has 2 nitrogen and oxygen atoms in total. The van der Waals surface area contributed by atoms with Gasteiger partial charge >= 0.3 is 6.18 Å². The highest BCUT2D eigenvalue weighted by Gasteiger charge is 2.40. The Hall–Kier alpha value is -2.30. The molecular weight excluding hydrogens is 281 g/mol. The van der Waals surface area contributed by atoms with Crippen molar-refractivity contribution in [1.82, 2.24) is 0 Å². The Morgan fingerprint density at radius 1 is 1.05 bits per heavy atom. The smallest absolute Gasteiger partial charge is 0.454 e. The number of rotatable bonds is 4. The van der Waals surface area contributed by atoms with E-state index in [9.17, 15) is 18.0 Å². The number of benzene rings is 2. The Morgan fingerprint density at radius 3 is 2.33 bits per heavy atom. The summed E-state index contributed by atoms with van der Waals surface area (Å²) in [4.78, 5) is 11.4. The van der Waals surface area contributed by atoms with Gasteiger partial charge in [0.1, 0.15) is 12.4 Å². The number of halogens is 3. The lowest BCUT2D eigenvalue weighted by Gasteiger charge is -2.13. The Morgan fingerprint density at radius 2 is 1.67 bits per heavy atom. The van der Waals surface area contributed by atoms with Gasteiger partial charge in [0.05, 0.1) is 0 Å². The molecule has 0 saturated carbocycles. The van der Waals surface area contributed by atoms with Crippen LogP contribution in [0.15, 0.2) is 48.5 Å². The van der Waals surface area contributed by atoms with Gasteiger partial charge in [-0.15, -0.1) is 0 Å². The van der Waals surface area contributed by atoms with E-state index in [-0.39, 0.29) is 17.7 Å². The van der Waals surface area contributed by atoms with Gasteiger partial charge in [-0.25, -0.2) is 0 Å². The van der Waals surface area contributed by atoms with E-state index in [1.165, 1.54) is 12.1 Å². The number of ether oxygens (including phenoxy) is 1. The van der Waals surface area contributed by atoms with Crippen LogP contribution in [0.3, 0.4) is 0 Å². The number of carbonyl (C=O) groups is 1. The van der Waals surface area contributed by atoms with Gasteiger partial charge in [0.15, 0.2) is 0 Å². The first-order valence-corrected chi connectivity index (χ1v) is 6.27. The van der Waals surface area contributed by atoms with E-state index < -0.39 is 12.0 Å². The van der Waals surface area contributed by atoms with E-state index in [0.29, 0.717) is 5.75 Å². The van der Waals surface area contributed by atoms with Crippen molar-refractivity contribution >= 4 is 5.78 Å². The monoisotopic (exact) mass is 294 g/mol. The lowest BCUT2D eigenvalue weighted by atomic mass is 10.0. The van der Waals surface area contributed by atoms with Crippen LogP contribution in [0.4, 0.5) is 13.2 Å². The van der Waals surface area contributed by atoms with Gasteiger partial charge in [0.25, 0.3) is 5.78 Å². The maximum atomic E-state index is 12.6. The van der Waals surface area contributed by atoms with Gasteiger partial charge < -0.3 is 4.74 Å². The number of para-hydroxylation sites is 1. The van der Waals surface area contributed by atoms with Crippen LogP contribution in [0.2, 0.25) is 0 Å². The molecular formula is C16H13F3O2. The van der Waals surface area contributed by atoms with Crippen molar-refractivity contribution in [2.75, 3.05) is 0 Å². The Bertz CT molecular complexity index is 648. The fourth-order valence-corrected chi connectivity index (χ4v) is 1.89. The molecule has 2 rings (SSSR count). The third-order valence-corrected chi connectivity index (χ3v) is 3.00. The molecule has 0 unspecified atom stereocenters. The van der Waals surface area contributed by atoms with E-state index in [1.54, 1.807) is 18.2 Å². The average Bonchev–Trinajstić information content (AvgIpc) is 2.45. The van der Waals surface area contributed by atoms with Crippen LogP contribution in [0, 0.1) is 6.92 Å². The second-order valence-electron chi connectivity index (χ2n) is 4.54. The summed E-state index contributed by atoms with van der Waals surface area (Å²) in [7, 11) is 0. The van der Waals surface area contributed by atoms with Gasteiger partial charge in [-0.2, -0.15) is 13.2 Å². The second kappa shape index (κ2) is 5.99. The number of aryl methyl sites for hydroxylation is 1. The van der Waals surface area contributed by atoms with E-state index in [0.717, 1.165) is 11.6 Å². The third-order valence-electron chi connectivity index (χ3n) is 3.00. The highest BCUT2D eigenvalue weighted by molar-refractivity contribution is 6.01. The molecule has 0 aromatic heterocycles. The minimum Gasteiger partial charge on any atom is -0.489 e. The number of hydrogen-bond donors (Lipinski definition) is 0. The van der Waals surface area contributed by atoms with Crippen LogP contribution in [0.5, 0.6) is 5.75 Å². The SMILES string of the molecule is Cc1ccccc1OCc1ccccc1C(=O)C(F)(F)F. The Balaban J connectivity index is 2.22. The van der Waals surface area contributed by atoms with Crippen LogP contribution < -0.4 is 4.74 Å². The van der Waals surface area contributed by atoms with E-state index in [4.69, 9.17) is 4.74 Å². The molecule has 0 fully saturated rings. The number of Topliss-reactive ketones (excluding diaryl/α,β-unsaturated/α-hetero) is 1. The molecule has 0 heterocycles. The fraction of sp³-hybridized carbons (Fsp3) is 0.188. The van der Waals surface area contributed by atoms with Crippen molar-refractivity contribution in [2.24, 2.45) is 0 Å². The molecule has 2 aromatic carbocycles. The molecule has 0 bridgehead atoms. The topological polar surface area (TPSA) is 26.3 Å². The summed E-state index contributed by atoms with van der Waals surface area (Å²) in [5, 5.41) is 0. The van der Waals surface area contributed by atoms with Gasteiger partial charge in [-0.3, -0.25) is 4.79 Å². The van der Waals surface area contributed by atoms with Gasteiger partial charge in [-0.05, 0) is 18.6 Å². The first kappa shape index (κ1) is 15.1. The average molecular weight is 294 g/mol. The molecule has 0 N–H and O–H groups in total. The summed E-state index contributed by atoms with van der Waals surface area (Å²) in [6, 6.07) is 12.8. The van der Waals surface area contributed by atoms with Crippen molar-refractivity contribution in [3.05, 3.63) is 65.2 Å². The first-order chi connectivity index (χ1) is 9.89. The zero-order valence-corrected chi connectivity index (χ0v) is 11.3. The minimum atomic E-state index is -4.89. The summed E-state index contributed by atoms with van der Waals surface area (Å²) in [6.07, 6.45) is -4.89. The standard InChI is InChI=1S/C16H13F3O2/c1-11-6-2-5-9-14(11)21-10-12-7-3-4-8-13(12)15(20)16(17,18)19/h2-9H,10H2,1H3. The fourth-order valence-electron chi connectivity index (χ4n) is 1.89. The van der Waals surface area contributed by atoms with Gasteiger partial charge in [0, 0.05) is 11.1 Å². The van der Waals surface area contributed by atoms with Crippen molar-refractivity contribution in [2.45, 2.75) is 19.7 Å². The molecule has 0 atom stereocenters. The summed E-state index contributed by atoms with van der Waals surface area (Å²) >= 11 is 0. The normalized spacial score (nSPS) is 11.2. The summed E-state index contributed by atoms with van der Waals surface area (Å²) in [6.45, 7) is 1.74. The lowest BCUT2D eigenvalue weighted by molar-refractivity contribution is -0.0886. The summed E-state index contributed by atoms with van der Waals surface area (Å²) < 4.78 is 43.2. The molecule has 0 radical (unpaired) electrons. The Labute approximate surface area is 120 Å². The molecule has 2 aromatic rings. The molecule has 0 aliphatic heterocycles. The molecule has 110 valence electrons. The second-order valence-corrected chi connectivity index (χ2v) is 4.54. The molecule has 0 saturated heterocycles. The number of ketones is 1. The third kappa shape index (κ3) is 3.62. The summed E-state index contributed by atoms with van der Waals surface area (Å²) in [5.74, 6) is -1.28. The van der Waals surface area contributed by atoms with E-state index in [1.807, 2.05) is 19.1 Å². The van der Waals surface area contributed by atoms with Crippen molar-refractivity contribution in [1.29, 1.82) is 0 Å². The number of carbonyl (C=O) groups excluding carboxylic acids is 1. The quantitative estimate of drug-likeness (QED) is 0.785. The molecule has 0 spiro atoms. The molecule has 21 heavy (non-hydrogen) atoms. The molecule has 0 amide bonds. The van der Waals surface area contributed by atoms with Crippen molar-refractivity contribution in [3.63, 3.8) is 0 Å². The maximum Gasteiger partial charge on any atom is 0.454 e. The predicted molar refractivity (Wildman–Crippen MR) is 72.3 cm³/mol.